The summed E-state index contributed by atoms with van der Waals surface area (Å²) in [6, 6.07) is 10.7. The number of nitrogens with zero attached hydrogens (tertiary/aromatic N) is 3. The molecule has 1 fully saturated rings. The summed E-state index contributed by atoms with van der Waals surface area (Å²) in [4.78, 5) is 17.2. The Morgan fingerprint density at radius 3 is 2.78 bits per heavy atom. The Hall–Kier alpha value is -2.87. The summed E-state index contributed by atoms with van der Waals surface area (Å²) < 4.78 is 5.63. The van der Waals surface area contributed by atoms with E-state index < -0.39 is 0 Å². The van der Waals surface area contributed by atoms with Crippen molar-refractivity contribution < 1.29 is 9.34 Å². The van der Waals surface area contributed by atoms with Gasteiger partial charge in [0.25, 0.3) is 5.69 Å². The highest BCUT2D eigenvalue weighted by atomic mass is 16.6. The summed E-state index contributed by atoms with van der Waals surface area (Å²) in [6.07, 6.45) is 4.11. The number of non-ortho nitro benzene ring substituents is 1. The van der Waals surface area contributed by atoms with Crippen LogP contribution in [-0.2, 0) is 6.54 Å². The van der Waals surface area contributed by atoms with Gasteiger partial charge in [0.15, 0.2) is 5.96 Å². The number of benzene rings is 1. The van der Waals surface area contributed by atoms with Crippen LogP contribution in [0.1, 0.15) is 30.2 Å². The molecule has 1 saturated heterocycles. The largest absolute Gasteiger partial charge is 0.468 e. The predicted octanol–water partition coefficient (Wildman–Crippen LogP) is 2.69. The highest BCUT2D eigenvalue weighted by molar-refractivity contribution is 5.79. The number of nitro groups is 1. The number of guanidine groups is 1. The first-order valence-electron chi connectivity index (χ1n) is 9.12. The normalized spacial score (nSPS) is 16.3. The predicted molar refractivity (Wildman–Crippen MR) is 104 cm³/mol. The van der Waals surface area contributed by atoms with Crippen LogP contribution in [0.5, 0.6) is 0 Å². The molecule has 1 unspecified atom stereocenters. The lowest BCUT2D eigenvalue weighted by Crippen LogP contribution is -2.42. The number of rotatable bonds is 7. The van der Waals surface area contributed by atoms with Crippen LogP contribution in [0.25, 0.3) is 0 Å². The summed E-state index contributed by atoms with van der Waals surface area (Å²) in [5.74, 6) is 1.59. The van der Waals surface area contributed by atoms with Gasteiger partial charge in [-0.15, -0.1) is 0 Å². The van der Waals surface area contributed by atoms with Crippen molar-refractivity contribution in [2.24, 2.45) is 4.99 Å². The van der Waals surface area contributed by atoms with Gasteiger partial charge >= 0.3 is 0 Å². The number of furan rings is 1. The Morgan fingerprint density at radius 1 is 1.30 bits per heavy atom. The zero-order valence-electron chi connectivity index (χ0n) is 15.4. The molecule has 0 bridgehead atoms. The first kappa shape index (κ1) is 18.9. The fraction of sp³-hybridized carbons (Fsp3) is 0.421. The second kappa shape index (κ2) is 9.18. The summed E-state index contributed by atoms with van der Waals surface area (Å²) in [6.45, 7) is 3.25. The van der Waals surface area contributed by atoms with Crippen LogP contribution in [0.3, 0.4) is 0 Å². The minimum atomic E-state index is -0.388. The minimum absolute atomic E-state index is 0.0872. The standard InChI is InChI=1S/C19H25N5O3/c1-20-19(21-13-15-6-4-7-16(12-15)24(25)26)22-14-17(18-8-5-11-27-18)23-9-2-3-10-23/h4-8,11-12,17H,2-3,9-10,13-14H2,1H3,(H2,20,21,22). The SMILES string of the molecule is CN=C(NCc1cccc([N+](=O)[O-])c1)NCC(c1ccco1)N1CCCC1. The van der Waals surface area contributed by atoms with Crippen LogP contribution in [0.4, 0.5) is 5.69 Å². The molecule has 2 aromatic rings. The highest BCUT2D eigenvalue weighted by Crippen LogP contribution is 2.24. The van der Waals surface area contributed by atoms with Gasteiger partial charge in [0.05, 0.1) is 17.2 Å². The van der Waals surface area contributed by atoms with Crippen LogP contribution < -0.4 is 10.6 Å². The fourth-order valence-electron chi connectivity index (χ4n) is 3.32. The van der Waals surface area contributed by atoms with E-state index >= 15 is 0 Å². The van der Waals surface area contributed by atoms with E-state index in [0.29, 0.717) is 19.0 Å². The molecule has 0 spiro atoms. The maximum absolute atomic E-state index is 10.9. The van der Waals surface area contributed by atoms with Crippen LogP contribution in [0, 0.1) is 10.1 Å². The molecule has 0 aliphatic carbocycles. The average Bonchev–Trinajstić information content (AvgIpc) is 3.39. The summed E-state index contributed by atoms with van der Waals surface area (Å²) >= 11 is 0. The molecule has 0 amide bonds. The van der Waals surface area contributed by atoms with Gasteiger partial charge in [-0.3, -0.25) is 20.0 Å². The maximum atomic E-state index is 10.9. The monoisotopic (exact) mass is 371 g/mol. The van der Waals surface area contributed by atoms with E-state index in [1.165, 1.54) is 18.9 Å². The van der Waals surface area contributed by atoms with Crippen LogP contribution in [0.2, 0.25) is 0 Å². The molecular weight excluding hydrogens is 346 g/mol. The molecule has 2 N–H and O–H groups in total. The third-order valence-electron chi connectivity index (χ3n) is 4.72. The van der Waals surface area contributed by atoms with Gasteiger partial charge in [-0.25, -0.2) is 0 Å². The Balaban J connectivity index is 1.57. The van der Waals surface area contributed by atoms with Gasteiger partial charge in [0, 0.05) is 32.3 Å². The van der Waals surface area contributed by atoms with E-state index in [2.05, 4.69) is 20.5 Å². The lowest BCUT2D eigenvalue weighted by molar-refractivity contribution is -0.384. The smallest absolute Gasteiger partial charge is 0.269 e. The average molecular weight is 371 g/mol. The van der Waals surface area contributed by atoms with E-state index in [1.54, 1.807) is 25.4 Å². The Labute approximate surface area is 158 Å². The van der Waals surface area contributed by atoms with Crippen LogP contribution in [0.15, 0.2) is 52.1 Å². The molecule has 27 heavy (non-hydrogen) atoms. The molecule has 1 atom stereocenters. The number of likely N-dealkylation sites (tertiary alicyclic amines) is 1. The van der Waals surface area contributed by atoms with Gasteiger partial charge in [-0.05, 0) is 43.6 Å². The molecular formula is C19H25N5O3. The maximum Gasteiger partial charge on any atom is 0.269 e. The first-order chi connectivity index (χ1) is 13.2. The Kier molecular flexibility index (Phi) is 6.43. The molecule has 0 radical (unpaired) electrons. The molecule has 0 saturated carbocycles. The van der Waals surface area contributed by atoms with Gasteiger partial charge in [0.2, 0.25) is 0 Å². The van der Waals surface area contributed by atoms with E-state index in [4.69, 9.17) is 4.42 Å². The van der Waals surface area contributed by atoms with E-state index in [9.17, 15) is 10.1 Å². The van der Waals surface area contributed by atoms with Crippen LogP contribution >= 0.6 is 0 Å². The molecule has 1 aliphatic heterocycles. The zero-order chi connectivity index (χ0) is 19.1. The quantitative estimate of drug-likeness (QED) is 0.336. The molecule has 144 valence electrons. The van der Waals surface area contributed by atoms with Crippen molar-refractivity contribution in [3.8, 4) is 0 Å². The molecule has 1 aromatic heterocycles. The second-order valence-corrected chi connectivity index (χ2v) is 6.51. The number of aliphatic imine (C=N–C) groups is 1. The van der Waals surface area contributed by atoms with Gasteiger partial charge in [-0.2, -0.15) is 0 Å². The molecule has 1 aromatic carbocycles. The van der Waals surface area contributed by atoms with E-state index in [-0.39, 0.29) is 16.7 Å². The Morgan fingerprint density at radius 2 is 2.11 bits per heavy atom. The molecule has 8 heteroatoms. The lowest BCUT2D eigenvalue weighted by atomic mass is 10.2. The van der Waals surface area contributed by atoms with Crippen molar-refractivity contribution in [1.29, 1.82) is 0 Å². The third kappa shape index (κ3) is 5.07. The molecule has 1 aliphatic rings. The number of nitrogens with one attached hydrogen (secondary N) is 2. The second-order valence-electron chi connectivity index (χ2n) is 6.51. The van der Waals surface area contributed by atoms with Crippen molar-refractivity contribution in [2.45, 2.75) is 25.4 Å². The highest BCUT2D eigenvalue weighted by Gasteiger charge is 2.25. The minimum Gasteiger partial charge on any atom is -0.468 e. The number of hydrogen-bond acceptors (Lipinski definition) is 5. The topological polar surface area (TPSA) is 95.9 Å². The third-order valence-corrected chi connectivity index (χ3v) is 4.72. The van der Waals surface area contributed by atoms with Crippen molar-refractivity contribution in [1.82, 2.24) is 15.5 Å². The Bertz CT molecular complexity index is 769. The zero-order valence-corrected chi connectivity index (χ0v) is 15.4. The summed E-state index contributed by atoms with van der Waals surface area (Å²) in [5.41, 5.74) is 0.915. The van der Waals surface area contributed by atoms with Crippen molar-refractivity contribution in [3.63, 3.8) is 0 Å². The number of hydrogen-bond donors (Lipinski definition) is 2. The van der Waals surface area contributed by atoms with Crippen LogP contribution in [-0.4, -0.2) is 42.5 Å². The van der Waals surface area contributed by atoms with E-state index in [0.717, 1.165) is 24.4 Å². The molecule has 8 nitrogen and oxygen atoms in total. The van der Waals surface area contributed by atoms with Crippen molar-refractivity contribution in [3.05, 3.63) is 64.1 Å². The molecule has 3 rings (SSSR count). The van der Waals surface area contributed by atoms with Crippen molar-refractivity contribution >= 4 is 11.6 Å². The van der Waals surface area contributed by atoms with E-state index in [1.807, 2.05) is 18.2 Å². The first-order valence-corrected chi connectivity index (χ1v) is 9.12. The number of nitro benzene ring substituents is 1. The van der Waals surface area contributed by atoms with Gasteiger partial charge < -0.3 is 15.1 Å². The van der Waals surface area contributed by atoms with Crippen molar-refractivity contribution in [2.75, 3.05) is 26.7 Å². The van der Waals surface area contributed by atoms with Gasteiger partial charge in [0.1, 0.15) is 5.76 Å². The summed E-state index contributed by atoms with van der Waals surface area (Å²) in [7, 11) is 1.71. The lowest BCUT2D eigenvalue weighted by Gasteiger charge is -2.26. The molecule has 2 heterocycles. The fourth-order valence-corrected chi connectivity index (χ4v) is 3.32. The summed E-state index contributed by atoms with van der Waals surface area (Å²) in [5, 5.41) is 17.5. The van der Waals surface area contributed by atoms with Gasteiger partial charge in [-0.1, -0.05) is 12.1 Å².